The smallest absolute Gasteiger partial charge is 0.212 e. The molecule has 5 heteroatoms. The van der Waals surface area contributed by atoms with Crippen molar-refractivity contribution in [3.63, 3.8) is 0 Å². The molecule has 0 aromatic carbocycles. The zero-order chi connectivity index (χ0) is 11.1. The molecule has 88 valence electrons. The fourth-order valence-electron chi connectivity index (χ4n) is 2.17. The molecule has 0 N–H and O–H groups in total. The van der Waals surface area contributed by atoms with Gasteiger partial charge in [-0.1, -0.05) is 13.3 Å². The fourth-order valence-corrected chi connectivity index (χ4v) is 4.49. The summed E-state index contributed by atoms with van der Waals surface area (Å²) in [5.41, 5.74) is 0. The molecular formula is C10H18ClNO2S. The normalized spacial score (nSPS) is 34.3. The van der Waals surface area contributed by atoms with Crippen molar-refractivity contribution < 1.29 is 8.42 Å². The van der Waals surface area contributed by atoms with Crippen molar-refractivity contribution in [3.8, 4) is 0 Å². The van der Waals surface area contributed by atoms with Crippen LogP contribution in [0.1, 0.15) is 26.2 Å². The van der Waals surface area contributed by atoms with Gasteiger partial charge in [-0.2, -0.15) is 0 Å². The summed E-state index contributed by atoms with van der Waals surface area (Å²) in [7, 11) is -3.04. The van der Waals surface area contributed by atoms with E-state index in [2.05, 4.69) is 0 Å². The fraction of sp³-hybridized carbons (Fsp3) is 1.00. The predicted molar refractivity (Wildman–Crippen MR) is 61.5 cm³/mol. The number of alkyl halides is 1. The number of hydrogen-bond donors (Lipinski definition) is 0. The summed E-state index contributed by atoms with van der Waals surface area (Å²) in [6, 6.07) is 0. The summed E-state index contributed by atoms with van der Waals surface area (Å²) >= 11 is 6.04. The molecule has 2 fully saturated rings. The molecule has 3 nitrogen and oxygen atoms in total. The lowest BCUT2D eigenvalue weighted by Crippen LogP contribution is -2.35. The largest absolute Gasteiger partial charge is 0.214 e. The Hall–Kier alpha value is 0.200. The van der Waals surface area contributed by atoms with E-state index in [1.165, 1.54) is 6.42 Å². The second-order valence-corrected chi connectivity index (χ2v) is 7.46. The van der Waals surface area contributed by atoms with E-state index in [1.54, 1.807) is 4.31 Å². The molecule has 2 aliphatic rings. The van der Waals surface area contributed by atoms with Crippen LogP contribution < -0.4 is 0 Å². The second-order valence-electron chi connectivity index (χ2n) is 4.89. The number of nitrogens with zero attached hydrogens (tertiary/aromatic N) is 1. The van der Waals surface area contributed by atoms with Crippen LogP contribution in [-0.2, 0) is 10.0 Å². The van der Waals surface area contributed by atoms with Crippen molar-refractivity contribution in [1.82, 2.24) is 4.31 Å². The van der Waals surface area contributed by atoms with E-state index in [0.717, 1.165) is 12.8 Å². The summed E-state index contributed by atoms with van der Waals surface area (Å²) < 4.78 is 25.6. The van der Waals surface area contributed by atoms with Gasteiger partial charge < -0.3 is 0 Å². The quantitative estimate of drug-likeness (QED) is 0.716. The Balaban J connectivity index is 1.96. The maximum absolute atomic E-state index is 12.0. The van der Waals surface area contributed by atoms with Crippen LogP contribution in [0.4, 0.5) is 0 Å². The monoisotopic (exact) mass is 251 g/mol. The lowest BCUT2D eigenvalue weighted by atomic mass is 9.87. The SMILES string of the molecule is CC1CN(S(=O)(=O)CC2CCC2)CC1Cl. The van der Waals surface area contributed by atoms with Gasteiger partial charge in [0.15, 0.2) is 0 Å². The first-order valence-electron chi connectivity index (χ1n) is 5.61. The molecule has 0 amide bonds. The summed E-state index contributed by atoms with van der Waals surface area (Å²) in [6.07, 6.45) is 3.34. The minimum atomic E-state index is -3.04. The van der Waals surface area contributed by atoms with Crippen LogP contribution >= 0.6 is 11.6 Å². The van der Waals surface area contributed by atoms with Crippen LogP contribution in [0.3, 0.4) is 0 Å². The number of hydrogen-bond acceptors (Lipinski definition) is 2. The van der Waals surface area contributed by atoms with Crippen molar-refractivity contribution in [2.45, 2.75) is 31.6 Å². The van der Waals surface area contributed by atoms with E-state index in [9.17, 15) is 8.42 Å². The average molecular weight is 252 g/mol. The maximum atomic E-state index is 12.0. The maximum Gasteiger partial charge on any atom is 0.214 e. The highest BCUT2D eigenvalue weighted by Crippen LogP contribution is 2.31. The molecule has 2 atom stereocenters. The van der Waals surface area contributed by atoms with Crippen LogP contribution in [-0.4, -0.2) is 36.9 Å². The van der Waals surface area contributed by atoms with Crippen LogP contribution in [0.15, 0.2) is 0 Å². The van der Waals surface area contributed by atoms with Crippen molar-refractivity contribution in [1.29, 1.82) is 0 Å². The molecule has 0 radical (unpaired) electrons. The Morgan fingerprint density at radius 3 is 2.40 bits per heavy atom. The molecule has 1 aliphatic heterocycles. The van der Waals surface area contributed by atoms with Gasteiger partial charge in [-0.15, -0.1) is 11.6 Å². The molecule has 1 aliphatic carbocycles. The van der Waals surface area contributed by atoms with Gasteiger partial charge in [0, 0.05) is 13.1 Å². The molecule has 2 unspecified atom stereocenters. The predicted octanol–water partition coefficient (Wildman–Crippen LogP) is 1.68. The van der Waals surface area contributed by atoms with E-state index < -0.39 is 10.0 Å². The van der Waals surface area contributed by atoms with E-state index >= 15 is 0 Å². The highest BCUT2D eigenvalue weighted by atomic mass is 35.5. The molecule has 2 rings (SSSR count). The zero-order valence-electron chi connectivity index (χ0n) is 9.02. The second kappa shape index (κ2) is 4.22. The number of sulfonamides is 1. The Labute approximate surface area is 96.8 Å². The first-order chi connectivity index (χ1) is 6.99. The molecule has 1 saturated heterocycles. The van der Waals surface area contributed by atoms with Gasteiger partial charge in [0.2, 0.25) is 10.0 Å². The summed E-state index contributed by atoms with van der Waals surface area (Å²) in [4.78, 5) is 0. The van der Waals surface area contributed by atoms with Gasteiger partial charge in [0.25, 0.3) is 0 Å². The summed E-state index contributed by atoms with van der Waals surface area (Å²) in [5.74, 6) is 1.02. The molecule has 0 bridgehead atoms. The van der Waals surface area contributed by atoms with Crippen molar-refractivity contribution in [2.24, 2.45) is 11.8 Å². The van der Waals surface area contributed by atoms with Gasteiger partial charge in [-0.05, 0) is 24.7 Å². The van der Waals surface area contributed by atoms with Gasteiger partial charge in [0.1, 0.15) is 0 Å². The van der Waals surface area contributed by atoms with Gasteiger partial charge in [0.05, 0.1) is 11.1 Å². The Bertz CT molecular complexity index is 316. The molecule has 0 spiro atoms. The van der Waals surface area contributed by atoms with Crippen LogP contribution in [0.2, 0.25) is 0 Å². The van der Waals surface area contributed by atoms with Crippen molar-refractivity contribution in [3.05, 3.63) is 0 Å². The van der Waals surface area contributed by atoms with E-state index in [0.29, 0.717) is 24.8 Å². The molecular weight excluding hydrogens is 234 g/mol. The topological polar surface area (TPSA) is 37.4 Å². The molecule has 0 aromatic rings. The standard InChI is InChI=1S/C10H18ClNO2S/c1-8-5-12(6-10(8)11)15(13,14)7-9-3-2-4-9/h8-10H,2-7H2,1H3. The van der Waals surface area contributed by atoms with Crippen LogP contribution in [0, 0.1) is 11.8 Å². The average Bonchev–Trinajstić information content (AvgIpc) is 2.41. The Morgan fingerprint density at radius 1 is 1.33 bits per heavy atom. The van der Waals surface area contributed by atoms with Crippen LogP contribution in [0.25, 0.3) is 0 Å². The zero-order valence-corrected chi connectivity index (χ0v) is 10.6. The molecule has 0 aromatic heterocycles. The number of rotatable bonds is 3. The lowest BCUT2D eigenvalue weighted by Gasteiger charge is -2.27. The minimum absolute atomic E-state index is 0.0128. The van der Waals surface area contributed by atoms with Crippen LogP contribution in [0.5, 0.6) is 0 Å². The third-order valence-electron chi connectivity index (χ3n) is 3.55. The van der Waals surface area contributed by atoms with Crippen molar-refractivity contribution >= 4 is 21.6 Å². The third kappa shape index (κ3) is 2.48. The molecule has 15 heavy (non-hydrogen) atoms. The summed E-state index contributed by atoms with van der Waals surface area (Å²) in [5, 5.41) is -0.0128. The van der Waals surface area contributed by atoms with E-state index in [1.807, 2.05) is 6.92 Å². The Kier molecular flexibility index (Phi) is 3.29. The first-order valence-corrected chi connectivity index (χ1v) is 7.65. The third-order valence-corrected chi connectivity index (χ3v) is 6.10. The first kappa shape index (κ1) is 11.7. The highest BCUT2D eigenvalue weighted by Gasteiger charge is 2.37. The van der Waals surface area contributed by atoms with E-state index in [4.69, 9.17) is 11.6 Å². The minimum Gasteiger partial charge on any atom is -0.212 e. The molecule has 1 heterocycles. The van der Waals surface area contributed by atoms with E-state index in [-0.39, 0.29) is 11.3 Å². The lowest BCUT2D eigenvalue weighted by molar-refractivity contribution is 0.339. The van der Waals surface area contributed by atoms with Crippen molar-refractivity contribution in [2.75, 3.05) is 18.8 Å². The van der Waals surface area contributed by atoms with Gasteiger partial charge in [-0.3, -0.25) is 0 Å². The highest BCUT2D eigenvalue weighted by molar-refractivity contribution is 7.89. The Morgan fingerprint density at radius 2 is 2.00 bits per heavy atom. The number of halogens is 1. The van der Waals surface area contributed by atoms with Gasteiger partial charge in [-0.25, -0.2) is 12.7 Å². The van der Waals surface area contributed by atoms with Gasteiger partial charge >= 0.3 is 0 Å². The summed E-state index contributed by atoms with van der Waals surface area (Å²) in [6.45, 7) is 3.11. The molecule has 1 saturated carbocycles.